The second kappa shape index (κ2) is 9.90. The van der Waals surface area contributed by atoms with E-state index in [1.54, 1.807) is 12.1 Å². The highest BCUT2D eigenvalue weighted by Crippen LogP contribution is 2.31. The molecule has 0 saturated carbocycles. The number of nitrogens with zero attached hydrogens (tertiary/aromatic N) is 4. The fraction of sp³-hybridized carbons (Fsp3) is 0.103. The molecule has 0 bridgehead atoms. The smallest absolute Gasteiger partial charge is 0.406 e. The van der Waals surface area contributed by atoms with Crippen LogP contribution in [0.1, 0.15) is 11.4 Å². The van der Waals surface area contributed by atoms with Crippen LogP contribution in [0.25, 0.3) is 27.5 Å². The molecule has 6 rings (SSSR count). The minimum atomic E-state index is -4.71. The van der Waals surface area contributed by atoms with Gasteiger partial charge in [0.15, 0.2) is 11.0 Å². The lowest BCUT2D eigenvalue weighted by atomic mass is 10.2. The summed E-state index contributed by atoms with van der Waals surface area (Å²) in [7, 11) is 0. The predicted molar refractivity (Wildman–Crippen MR) is 143 cm³/mol. The molecule has 0 unspecified atom stereocenters. The summed E-state index contributed by atoms with van der Waals surface area (Å²) in [6, 6.07) is 32.4. The number of ether oxygens (including phenoxy) is 1. The van der Waals surface area contributed by atoms with E-state index in [0.29, 0.717) is 17.5 Å². The maximum atomic E-state index is 12.5. The fourth-order valence-corrected chi connectivity index (χ4v) is 5.51. The zero-order chi connectivity index (χ0) is 26.1. The number of para-hydroxylation sites is 3. The SMILES string of the molecule is FC(F)(F)Oc1ccc(CSc2nnc(Cn3c4ccccc4c4ccccc43)n2-c2ccccc2)cc1. The van der Waals surface area contributed by atoms with Gasteiger partial charge in [-0.2, -0.15) is 0 Å². The van der Waals surface area contributed by atoms with Crippen molar-refractivity contribution < 1.29 is 17.9 Å². The number of rotatable bonds is 7. The Bertz CT molecular complexity index is 1660. The lowest BCUT2D eigenvalue weighted by Crippen LogP contribution is -2.16. The first-order chi connectivity index (χ1) is 18.5. The van der Waals surface area contributed by atoms with Crippen LogP contribution in [-0.4, -0.2) is 25.7 Å². The van der Waals surface area contributed by atoms with E-state index in [2.05, 4.69) is 43.8 Å². The van der Waals surface area contributed by atoms with Crippen molar-refractivity contribution in [1.29, 1.82) is 0 Å². The number of hydrogen-bond donors (Lipinski definition) is 0. The fourth-order valence-electron chi connectivity index (χ4n) is 4.58. The number of alkyl halides is 3. The Balaban J connectivity index is 1.33. The third kappa shape index (κ3) is 4.84. The number of hydrogen-bond acceptors (Lipinski definition) is 4. The number of fused-ring (bicyclic) bond motifs is 3. The van der Waals surface area contributed by atoms with Crippen molar-refractivity contribution in [2.45, 2.75) is 23.8 Å². The van der Waals surface area contributed by atoms with Crippen LogP contribution in [0, 0.1) is 0 Å². The molecular weight excluding hydrogens is 509 g/mol. The molecule has 0 saturated heterocycles. The van der Waals surface area contributed by atoms with Gasteiger partial charge in [0, 0.05) is 33.2 Å². The molecule has 4 aromatic carbocycles. The predicted octanol–water partition coefficient (Wildman–Crippen LogP) is 7.61. The lowest BCUT2D eigenvalue weighted by molar-refractivity contribution is -0.274. The van der Waals surface area contributed by atoms with Gasteiger partial charge in [-0.15, -0.1) is 23.4 Å². The van der Waals surface area contributed by atoms with E-state index in [1.807, 2.05) is 59.2 Å². The first-order valence-corrected chi connectivity index (χ1v) is 12.9. The summed E-state index contributed by atoms with van der Waals surface area (Å²) in [6.45, 7) is 0.514. The Morgan fingerprint density at radius 3 is 1.95 bits per heavy atom. The zero-order valence-corrected chi connectivity index (χ0v) is 20.8. The van der Waals surface area contributed by atoms with Crippen LogP contribution in [0.3, 0.4) is 0 Å². The second-order valence-electron chi connectivity index (χ2n) is 8.67. The van der Waals surface area contributed by atoms with Crippen LogP contribution in [0.2, 0.25) is 0 Å². The summed E-state index contributed by atoms with van der Waals surface area (Å²) >= 11 is 1.47. The zero-order valence-electron chi connectivity index (χ0n) is 20.0. The molecule has 5 nitrogen and oxygen atoms in total. The Kier molecular flexibility index (Phi) is 6.29. The van der Waals surface area contributed by atoms with Crippen LogP contribution < -0.4 is 4.74 Å². The molecule has 0 aliphatic rings. The maximum absolute atomic E-state index is 12.5. The maximum Gasteiger partial charge on any atom is 0.573 e. The number of aromatic nitrogens is 4. The Morgan fingerprint density at radius 1 is 0.711 bits per heavy atom. The molecule has 0 aliphatic heterocycles. The standard InChI is InChI=1S/C29H21F3N4OS/c30-29(31,32)37-22-16-14-20(15-17-22)19-38-28-34-33-27(36(28)21-8-2-1-3-9-21)18-35-25-12-6-4-10-23(25)24-11-5-7-13-26(24)35/h1-17H,18-19H2. The van der Waals surface area contributed by atoms with E-state index in [-0.39, 0.29) is 5.75 Å². The first kappa shape index (κ1) is 24.1. The lowest BCUT2D eigenvalue weighted by Gasteiger charge is -2.12. The molecule has 2 aromatic heterocycles. The molecule has 0 amide bonds. The number of halogens is 3. The van der Waals surface area contributed by atoms with Crippen LogP contribution in [-0.2, 0) is 12.3 Å². The molecule has 0 atom stereocenters. The van der Waals surface area contributed by atoms with Crippen molar-refractivity contribution in [3.63, 3.8) is 0 Å². The molecule has 0 radical (unpaired) electrons. The van der Waals surface area contributed by atoms with Crippen molar-refractivity contribution in [2.75, 3.05) is 0 Å². The van der Waals surface area contributed by atoms with Gasteiger partial charge in [-0.3, -0.25) is 4.57 Å². The summed E-state index contributed by atoms with van der Waals surface area (Å²) in [6.07, 6.45) is -4.71. The van der Waals surface area contributed by atoms with Gasteiger partial charge < -0.3 is 9.30 Å². The highest BCUT2D eigenvalue weighted by Gasteiger charge is 2.31. The summed E-state index contributed by atoms with van der Waals surface area (Å²) in [4.78, 5) is 0. The summed E-state index contributed by atoms with van der Waals surface area (Å²) in [5.74, 6) is 1.04. The molecule has 0 N–H and O–H groups in total. The largest absolute Gasteiger partial charge is 0.573 e. The summed E-state index contributed by atoms with van der Waals surface area (Å²) in [5, 5.41) is 12.1. The van der Waals surface area contributed by atoms with Crippen molar-refractivity contribution in [3.8, 4) is 11.4 Å². The van der Waals surface area contributed by atoms with E-state index in [4.69, 9.17) is 0 Å². The molecule has 0 fully saturated rings. The van der Waals surface area contributed by atoms with Crippen molar-refractivity contribution in [2.24, 2.45) is 0 Å². The quantitative estimate of drug-likeness (QED) is 0.199. The molecule has 0 spiro atoms. The van der Waals surface area contributed by atoms with Gasteiger partial charge in [-0.05, 0) is 42.0 Å². The first-order valence-electron chi connectivity index (χ1n) is 11.9. The van der Waals surface area contributed by atoms with E-state index in [1.165, 1.54) is 34.7 Å². The molecule has 190 valence electrons. The van der Waals surface area contributed by atoms with Gasteiger partial charge in [-0.25, -0.2) is 0 Å². The summed E-state index contributed by atoms with van der Waals surface area (Å²) in [5.41, 5.74) is 4.01. The minimum absolute atomic E-state index is 0.243. The normalized spacial score (nSPS) is 11.9. The van der Waals surface area contributed by atoms with Gasteiger partial charge >= 0.3 is 6.36 Å². The van der Waals surface area contributed by atoms with E-state index >= 15 is 0 Å². The van der Waals surface area contributed by atoms with Gasteiger partial charge in [0.25, 0.3) is 0 Å². The number of benzene rings is 4. The van der Waals surface area contributed by atoms with Gasteiger partial charge in [-0.1, -0.05) is 78.5 Å². The molecule has 9 heteroatoms. The van der Waals surface area contributed by atoms with Crippen LogP contribution in [0.4, 0.5) is 13.2 Å². The third-order valence-electron chi connectivity index (χ3n) is 6.22. The Hall–Kier alpha value is -4.24. The topological polar surface area (TPSA) is 44.9 Å². The van der Waals surface area contributed by atoms with Crippen molar-refractivity contribution in [1.82, 2.24) is 19.3 Å². The number of thioether (sulfide) groups is 1. The van der Waals surface area contributed by atoms with Gasteiger partial charge in [0.2, 0.25) is 0 Å². The van der Waals surface area contributed by atoms with Crippen LogP contribution in [0.5, 0.6) is 5.75 Å². The Morgan fingerprint density at radius 2 is 1.32 bits per heavy atom. The highest BCUT2D eigenvalue weighted by atomic mass is 32.2. The summed E-state index contributed by atoms with van der Waals surface area (Å²) < 4.78 is 45.7. The molecule has 0 aliphatic carbocycles. The van der Waals surface area contributed by atoms with E-state index in [9.17, 15) is 13.2 Å². The van der Waals surface area contributed by atoms with Crippen molar-refractivity contribution in [3.05, 3.63) is 115 Å². The molecule has 2 heterocycles. The molecular formula is C29H21F3N4OS. The van der Waals surface area contributed by atoms with Crippen molar-refractivity contribution >= 4 is 33.6 Å². The van der Waals surface area contributed by atoms with Crippen LogP contribution in [0.15, 0.2) is 108 Å². The average molecular weight is 531 g/mol. The minimum Gasteiger partial charge on any atom is -0.406 e. The van der Waals surface area contributed by atoms with Gasteiger partial charge in [0.1, 0.15) is 5.75 Å². The van der Waals surface area contributed by atoms with E-state index in [0.717, 1.165) is 28.1 Å². The molecule has 38 heavy (non-hydrogen) atoms. The monoisotopic (exact) mass is 530 g/mol. The average Bonchev–Trinajstić information content (AvgIpc) is 3.47. The second-order valence-corrected chi connectivity index (χ2v) is 9.61. The van der Waals surface area contributed by atoms with E-state index < -0.39 is 6.36 Å². The van der Waals surface area contributed by atoms with Crippen LogP contribution >= 0.6 is 11.8 Å². The molecule has 6 aromatic rings. The highest BCUT2D eigenvalue weighted by molar-refractivity contribution is 7.98. The van der Waals surface area contributed by atoms with Gasteiger partial charge in [0.05, 0.1) is 6.54 Å². The third-order valence-corrected chi connectivity index (χ3v) is 7.22. The Labute approximate surface area is 220 Å².